The molecule has 4 nitrogen and oxygen atoms in total. The first-order valence-corrected chi connectivity index (χ1v) is 6.75. The molecule has 1 N–H and O–H groups in total. The molecule has 0 aromatic carbocycles. The molecule has 0 spiro atoms. The first kappa shape index (κ1) is 14.1. The normalized spacial score (nSPS) is 10.9. The van der Waals surface area contributed by atoms with Crippen molar-refractivity contribution in [2.24, 2.45) is 0 Å². The number of rotatable bonds is 7. The molecule has 0 aliphatic rings. The maximum Gasteiger partial charge on any atom is 0.183 e. The Morgan fingerprint density at radius 1 is 1.47 bits per heavy atom. The van der Waals surface area contributed by atoms with Crippen LogP contribution in [0.2, 0.25) is 0 Å². The average Bonchev–Trinajstić information content (AvgIpc) is 2.64. The molecule has 1 aromatic rings. The molecule has 0 atom stereocenters. The van der Waals surface area contributed by atoms with Crippen molar-refractivity contribution < 1.29 is 4.79 Å². The largest absolute Gasteiger partial charge is 0.362 e. The van der Waals surface area contributed by atoms with Crippen LogP contribution >= 0.6 is 11.3 Å². The molecule has 1 heterocycles. The quantitative estimate of drug-likeness (QED) is 0.760. The number of nitrogens with zero attached hydrogens (tertiary/aromatic N) is 2. The third-order valence-corrected chi connectivity index (χ3v) is 3.52. The van der Waals surface area contributed by atoms with Crippen LogP contribution in [0.5, 0.6) is 0 Å². The topological polar surface area (TPSA) is 45.2 Å². The number of carbonyl (C=O) groups excluding carboxylic acids is 1. The molecular weight excluding hydrogens is 234 g/mol. The third kappa shape index (κ3) is 4.44. The van der Waals surface area contributed by atoms with Crippen molar-refractivity contribution >= 4 is 22.3 Å². The van der Waals surface area contributed by atoms with E-state index in [4.69, 9.17) is 0 Å². The van der Waals surface area contributed by atoms with Gasteiger partial charge in [-0.2, -0.15) is 0 Å². The Morgan fingerprint density at radius 2 is 2.18 bits per heavy atom. The van der Waals surface area contributed by atoms with E-state index in [1.54, 1.807) is 0 Å². The van der Waals surface area contributed by atoms with Gasteiger partial charge in [0.2, 0.25) is 0 Å². The molecule has 96 valence electrons. The zero-order chi connectivity index (χ0) is 12.8. The van der Waals surface area contributed by atoms with Crippen LogP contribution in [0.15, 0.2) is 0 Å². The number of anilines is 1. The monoisotopic (exact) mass is 255 g/mol. The molecule has 1 rings (SSSR count). The van der Waals surface area contributed by atoms with E-state index >= 15 is 0 Å². The predicted octanol–water partition coefficient (Wildman–Crippen LogP) is 2.41. The second kappa shape index (κ2) is 6.71. The fourth-order valence-corrected chi connectivity index (χ4v) is 2.36. The van der Waals surface area contributed by atoms with Crippen molar-refractivity contribution in [3.05, 3.63) is 10.6 Å². The minimum absolute atomic E-state index is 0.193. The lowest BCUT2D eigenvalue weighted by Gasteiger charge is -2.07. The first-order chi connectivity index (χ1) is 8.04. The molecule has 0 radical (unpaired) electrons. The molecule has 1 aromatic heterocycles. The number of hydrogen-bond donors (Lipinski definition) is 1. The van der Waals surface area contributed by atoms with Gasteiger partial charge in [-0.25, -0.2) is 4.98 Å². The van der Waals surface area contributed by atoms with Gasteiger partial charge in [-0.15, -0.1) is 0 Å². The van der Waals surface area contributed by atoms with Gasteiger partial charge in [0, 0.05) is 19.5 Å². The van der Waals surface area contributed by atoms with Crippen molar-refractivity contribution in [2.75, 3.05) is 32.5 Å². The summed E-state index contributed by atoms with van der Waals surface area (Å²) in [6, 6.07) is 0. The van der Waals surface area contributed by atoms with Gasteiger partial charge >= 0.3 is 0 Å². The molecule has 17 heavy (non-hydrogen) atoms. The van der Waals surface area contributed by atoms with Crippen LogP contribution in [0, 0.1) is 6.92 Å². The summed E-state index contributed by atoms with van der Waals surface area (Å²) in [4.78, 5) is 19.2. The van der Waals surface area contributed by atoms with Gasteiger partial charge in [0.1, 0.15) is 0 Å². The maximum absolute atomic E-state index is 12.0. The number of Topliss-reactive ketones (excluding diaryl/α,β-unsaturated/α-hetero) is 1. The van der Waals surface area contributed by atoms with E-state index in [1.807, 2.05) is 25.9 Å². The summed E-state index contributed by atoms with van der Waals surface area (Å²) in [6.07, 6.45) is 1.62. The highest BCUT2D eigenvalue weighted by Gasteiger charge is 2.14. The minimum atomic E-state index is 0.193. The Kier molecular flexibility index (Phi) is 5.58. The predicted molar refractivity (Wildman–Crippen MR) is 73.1 cm³/mol. The zero-order valence-electron chi connectivity index (χ0n) is 11.0. The number of hydrogen-bond acceptors (Lipinski definition) is 5. The second-order valence-corrected chi connectivity index (χ2v) is 5.34. The molecule has 0 fully saturated rings. The number of aryl methyl sites for hydroxylation is 1. The van der Waals surface area contributed by atoms with Gasteiger partial charge in [-0.3, -0.25) is 4.79 Å². The Morgan fingerprint density at radius 3 is 2.76 bits per heavy atom. The van der Waals surface area contributed by atoms with Crippen LogP contribution in [-0.4, -0.2) is 42.9 Å². The van der Waals surface area contributed by atoms with Crippen LogP contribution < -0.4 is 5.32 Å². The maximum atomic E-state index is 12.0. The summed E-state index contributed by atoms with van der Waals surface area (Å²) in [5.41, 5.74) is 0.845. The van der Waals surface area contributed by atoms with Crippen LogP contribution in [0.4, 0.5) is 5.13 Å². The number of aromatic nitrogens is 1. The van der Waals surface area contributed by atoms with E-state index in [-0.39, 0.29) is 5.78 Å². The summed E-state index contributed by atoms with van der Waals surface area (Å²) in [5, 5.41) is 4.08. The van der Waals surface area contributed by atoms with Crippen molar-refractivity contribution in [1.82, 2.24) is 9.88 Å². The van der Waals surface area contributed by atoms with E-state index in [0.29, 0.717) is 6.42 Å². The van der Waals surface area contributed by atoms with E-state index in [9.17, 15) is 4.79 Å². The highest BCUT2D eigenvalue weighted by Crippen LogP contribution is 2.23. The zero-order valence-corrected chi connectivity index (χ0v) is 11.9. The van der Waals surface area contributed by atoms with E-state index in [0.717, 1.165) is 35.2 Å². The Bertz CT molecular complexity index is 374. The van der Waals surface area contributed by atoms with Gasteiger partial charge in [0.05, 0.1) is 10.6 Å². The van der Waals surface area contributed by atoms with Gasteiger partial charge in [0.15, 0.2) is 10.9 Å². The van der Waals surface area contributed by atoms with E-state index < -0.39 is 0 Å². The molecule has 0 amide bonds. The number of thiazole rings is 1. The molecule has 0 aliphatic heterocycles. The average molecular weight is 255 g/mol. The summed E-state index contributed by atoms with van der Waals surface area (Å²) < 4.78 is 0. The fraction of sp³-hybridized carbons (Fsp3) is 0.667. The molecule has 0 bridgehead atoms. The summed E-state index contributed by atoms with van der Waals surface area (Å²) >= 11 is 1.47. The van der Waals surface area contributed by atoms with Crippen LogP contribution in [0.1, 0.15) is 35.1 Å². The minimum Gasteiger partial charge on any atom is -0.362 e. The fourth-order valence-electron chi connectivity index (χ4n) is 1.40. The van der Waals surface area contributed by atoms with Crippen LogP contribution in [0.25, 0.3) is 0 Å². The summed E-state index contributed by atoms with van der Waals surface area (Å²) in [6.45, 7) is 5.69. The van der Waals surface area contributed by atoms with Crippen LogP contribution in [-0.2, 0) is 0 Å². The number of carbonyl (C=O) groups is 1. The smallest absolute Gasteiger partial charge is 0.183 e. The Balaban J connectivity index is 2.63. The van der Waals surface area contributed by atoms with Crippen molar-refractivity contribution in [1.29, 1.82) is 0 Å². The van der Waals surface area contributed by atoms with Gasteiger partial charge in [-0.1, -0.05) is 18.3 Å². The third-order valence-electron chi connectivity index (χ3n) is 2.36. The van der Waals surface area contributed by atoms with Crippen molar-refractivity contribution in [2.45, 2.75) is 26.7 Å². The number of nitrogens with one attached hydrogen (secondary N) is 1. The van der Waals surface area contributed by atoms with Gasteiger partial charge < -0.3 is 10.2 Å². The first-order valence-electron chi connectivity index (χ1n) is 5.93. The van der Waals surface area contributed by atoms with Gasteiger partial charge in [0.25, 0.3) is 0 Å². The van der Waals surface area contributed by atoms with Gasteiger partial charge in [-0.05, 0) is 27.4 Å². The second-order valence-electron chi connectivity index (χ2n) is 4.34. The lowest BCUT2D eigenvalue weighted by atomic mass is 10.2. The lowest BCUT2D eigenvalue weighted by molar-refractivity contribution is 0.0975. The van der Waals surface area contributed by atoms with E-state index in [1.165, 1.54) is 11.3 Å². The Hall–Kier alpha value is -0.940. The molecular formula is C12H21N3OS. The van der Waals surface area contributed by atoms with Crippen molar-refractivity contribution in [3.8, 4) is 0 Å². The highest BCUT2D eigenvalue weighted by molar-refractivity contribution is 7.17. The Labute approximate surface area is 107 Å². The molecule has 0 aliphatic carbocycles. The molecule has 0 saturated heterocycles. The highest BCUT2D eigenvalue weighted by atomic mass is 32.1. The number of ketones is 1. The SMILES string of the molecule is CCCNc1nc(C)c(C(=O)CCN(C)C)s1. The van der Waals surface area contributed by atoms with Crippen molar-refractivity contribution in [3.63, 3.8) is 0 Å². The summed E-state index contributed by atoms with van der Waals surface area (Å²) in [7, 11) is 3.95. The lowest BCUT2D eigenvalue weighted by Crippen LogP contribution is -2.16. The van der Waals surface area contributed by atoms with E-state index in [2.05, 4.69) is 17.2 Å². The van der Waals surface area contributed by atoms with Crippen LogP contribution in [0.3, 0.4) is 0 Å². The molecule has 5 heteroatoms. The molecule has 0 saturated carbocycles. The summed E-state index contributed by atoms with van der Waals surface area (Å²) in [5.74, 6) is 0.193. The molecule has 0 unspecified atom stereocenters. The standard InChI is InChI=1S/C12H21N3OS/c1-5-7-13-12-14-9(2)11(17-12)10(16)6-8-15(3)4/h5-8H2,1-4H3,(H,13,14).